The maximum atomic E-state index is 10.4. The van der Waals surface area contributed by atoms with Crippen molar-refractivity contribution in [1.82, 2.24) is 0 Å². The summed E-state index contributed by atoms with van der Waals surface area (Å²) < 4.78 is 0. The van der Waals surface area contributed by atoms with Crippen molar-refractivity contribution in [2.45, 2.75) is 19.4 Å². The highest BCUT2D eigenvalue weighted by molar-refractivity contribution is 5.73. The van der Waals surface area contributed by atoms with E-state index in [1.807, 2.05) is 19.1 Å². The quantitative estimate of drug-likeness (QED) is 0.631. The number of nitrogens with two attached hydrogens (primary N) is 1. The highest BCUT2D eigenvalue weighted by Gasteiger charge is 2.11. The van der Waals surface area contributed by atoms with Crippen molar-refractivity contribution < 1.29 is 9.90 Å². The van der Waals surface area contributed by atoms with Crippen molar-refractivity contribution in [2.24, 2.45) is 5.73 Å². The van der Waals surface area contributed by atoms with Gasteiger partial charge in [0.05, 0.1) is 0 Å². The molecule has 0 fully saturated rings. The Labute approximate surface area is 78.3 Å². The normalized spacial score (nSPS) is 14.5. The number of carboxylic acids is 1. The summed E-state index contributed by atoms with van der Waals surface area (Å²) in [5.74, 6) is -0.987. The fourth-order valence-electron chi connectivity index (χ4n) is 0.898. The van der Waals surface area contributed by atoms with E-state index in [9.17, 15) is 4.79 Å². The van der Waals surface area contributed by atoms with Gasteiger partial charge in [0, 0.05) is 0 Å². The molecule has 0 saturated heterocycles. The summed E-state index contributed by atoms with van der Waals surface area (Å²) in [5.41, 5.74) is 6.24. The van der Waals surface area contributed by atoms with E-state index in [-0.39, 0.29) is 0 Å². The average molecular weight is 181 g/mol. The number of allylic oxidation sites excluding steroid dienone is 4. The number of hydrogen-bond acceptors (Lipinski definition) is 2. The molecule has 0 rings (SSSR count). The lowest BCUT2D eigenvalue weighted by Gasteiger charge is -2.06. The third-order valence-electron chi connectivity index (χ3n) is 1.49. The first-order valence-corrected chi connectivity index (χ1v) is 4.04. The second-order valence-electron chi connectivity index (χ2n) is 2.63. The predicted molar refractivity (Wildman–Crippen MR) is 53.3 cm³/mol. The van der Waals surface area contributed by atoms with E-state index in [0.29, 0.717) is 6.42 Å². The van der Waals surface area contributed by atoms with Crippen LogP contribution in [0.25, 0.3) is 0 Å². The molecule has 13 heavy (non-hydrogen) atoms. The summed E-state index contributed by atoms with van der Waals surface area (Å²) in [6, 6.07) is -0.845. The Kier molecular flexibility index (Phi) is 5.55. The van der Waals surface area contributed by atoms with Crippen LogP contribution in [-0.2, 0) is 4.79 Å². The lowest BCUT2D eigenvalue weighted by molar-refractivity contribution is -0.138. The van der Waals surface area contributed by atoms with Gasteiger partial charge < -0.3 is 10.8 Å². The molecule has 0 aromatic heterocycles. The third-order valence-corrected chi connectivity index (χ3v) is 1.49. The van der Waals surface area contributed by atoms with Crippen LogP contribution in [0, 0.1) is 0 Å². The molecule has 0 heterocycles. The zero-order valence-electron chi connectivity index (χ0n) is 7.73. The van der Waals surface area contributed by atoms with Gasteiger partial charge in [-0.25, -0.2) is 0 Å². The number of rotatable bonds is 5. The van der Waals surface area contributed by atoms with Gasteiger partial charge in [0.1, 0.15) is 6.04 Å². The average Bonchev–Trinajstić information content (AvgIpc) is 2.05. The molecule has 0 aromatic carbocycles. The molecular weight excluding hydrogens is 166 g/mol. The molecule has 0 aliphatic carbocycles. The van der Waals surface area contributed by atoms with Gasteiger partial charge in [-0.2, -0.15) is 0 Å². The molecule has 72 valence electrons. The number of carbonyl (C=O) groups is 1. The molecule has 0 saturated carbocycles. The largest absolute Gasteiger partial charge is 0.480 e. The van der Waals surface area contributed by atoms with E-state index in [4.69, 9.17) is 10.8 Å². The molecule has 0 aromatic rings. The smallest absolute Gasteiger partial charge is 0.320 e. The Balaban J connectivity index is 4.34. The highest BCUT2D eigenvalue weighted by atomic mass is 16.4. The molecule has 3 heteroatoms. The first-order valence-electron chi connectivity index (χ1n) is 4.04. The minimum Gasteiger partial charge on any atom is -0.480 e. The molecule has 0 radical (unpaired) electrons. The Morgan fingerprint density at radius 2 is 2.31 bits per heavy atom. The van der Waals surface area contributed by atoms with Crippen LogP contribution in [0.4, 0.5) is 0 Å². The van der Waals surface area contributed by atoms with Gasteiger partial charge in [-0.3, -0.25) is 4.79 Å². The maximum Gasteiger partial charge on any atom is 0.320 e. The molecule has 0 aliphatic heterocycles. The van der Waals surface area contributed by atoms with Crippen molar-refractivity contribution in [3.8, 4) is 0 Å². The van der Waals surface area contributed by atoms with Crippen molar-refractivity contribution in [1.29, 1.82) is 0 Å². The molecule has 0 aliphatic rings. The van der Waals surface area contributed by atoms with Crippen LogP contribution in [0.5, 0.6) is 0 Å². The topological polar surface area (TPSA) is 63.3 Å². The van der Waals surface area contributed by atoms with Gasteiger partial charge in [0.25, 0.3) is 0 Å². The van der Waals surface area contributed by atoms with E-state index >= 15 is 0 Å². The standard InChI is InChI=1S/C10H15NO2/c1-3-5-8(6-4-2)7-9(11)10(12)13/h3-6,9H,1,7,11H2,2H3,(H,12,13)/b6-4-,8-5+/t9-/m0/s1. The molecule has 3 nitrogen and oxygen atoms in total. The number of aliphatic carboxylic acids is 1. The van der Waals surface area contributed by atoms with Crippen LogP contribution < -0.4 is 5.73 Å². The van der Waals surface area contributed by atoms with E-state index in [2.05, 4.69) is 6.58 Å². The second kappa shape index (κ2) is 6.20. The molecule has 0 unspecified atom stereocenters. The fraction of sp³-hybridized carbons (Fsp3) is 0.300. The minimum atomic E-state index is -0.987. The van der Waals surface area contributed by atoms with Gasteiger partial charge in [-0.1, -0.05) is 30.9 Å². The van der Waals surface area contributed by atoms with Crippen LogP contribution in [0.1, 0.15) is 13.3 Å². The Morgan fingerprint density at radius 3 is 2.69 bits per heavy atom. The minimum absolute atomic E-state index is 0.325. The summed E-state index contributed by atoms with van der Waals surface area (Å²) in [6.07, 6.45) is 7.35. The van der Waals surface area contributed by atoms with Crippen LogP contribution in [0.3, 0.4) is 0 Å². The van der Waals surface area contributed by atoms with Crippen LogP contribution in [0.2, 0.25) is 0 Å². The van der Waals surface area contributed by atoms with Crippen LogP contribution in [-0.4, -0.2) is 17.1 Å². The summed E-state index contributed by atoms with van der Waals surface area (Å²) in [6.45, 7) is 5.40. The summed E-state index contributed by atoms with van der Waals surface area (Å²) in [4.78, 5) is 10.4. The van der Waals surface area contributed by atoms with Crippen molar-refractivity contribution in [3.05, 3.63) is 36.5 Å². The zero-order chi connectivity index (χ0) is 10.3. The number of carboxylic acid groups (broad SMARTS) is 1. The highest BCUT2D eigenvalue weighted by Crippen LogP contribution is 2.06. The van der Waals surface area contributed by atoms with E-state index < -0.39 is 12.0 Å². The van der Waals surface area contributed by atoms with Crippen LogP contribution >= 0.6 is 0 Å². The monoisotopic (exact) mass is 181 g/mol. The van der Waals surface area contributed by atoms with E-state index in [1.165, 1.54) is 0 Å². The summed E-state index contributed by atoms with van der Waals surface area (Å²) in [5, 5.41) is 8.57. The Morgan fingerprint density at radius 1 is 1.69 bits per heavy atom. The molecular formula is C10H15NO2. The van der Waals surface area contributed by atoms with Gasteiger partial charge in [0.2, 0.25) is 0 Å². The van der Waals surface area contributed by atoms with Crippen molar-refractivity contribution >= 4 is 5.97 Å². The van der Waals surface area contributed by atoms with Gasteiger partial charge in [0.15, 0.2) is 0 Å². The van der Waals surface area contributed by atoms with E-state index in [0.717, 1.165) is 5.57 Å². The maximum absolute atomic E-state index is 10.4. The van der Waals surface area contributed by atoms with Gasteiger partial charge in [-0.15, -0.1) is 0 Å². The molecule has 3 N–H and O–H groups in total. The van der Waals surface area contributed by atoms with Gasteiger partial charge >= 0.3 is 5.97 Å². The first kappa shape index (κ1) is 11.6. The summed E-state index contributed by atoms with van der Waals surface area (Å²) >= 11 is 0. The molecule has 1 atom stereocenters. The van der Waals surface area contributed by atoms with Gasteiger partial charge in [-0.05, 0) is 18.9 Å². The van der Waals surface area contributed by atoms with E-state index in [1.54, 1.807) is 12.2 Å². The molecule has 0 spiro atoms. The third kappa shape index (κ3) is 4.98. The second-order valence-corrected chi connectivity index (χ2v) is 2.63. The van der Waals surface area contributed by atoms with Crippen molar-refractivity contribution in [3.63, 3.8) is 0 Å². The Hall–Kier alpha value is -1.35. The summed E-state index contributed by atoms with van der Waals surface area (Å²) in [7, 11) is 0. The first-order chi connectivity index (χ1) is 6.11. The fourth-order valence-corrected chi connectivity index (χ4v) is 0.898. The van der Waals surface area contributed by atoms with Crippen molar-refractivity contribution in [2.75, 3.05) is 0 Å². The number of hydrogen-bond donors (Lipinski definition) is 2. The Bertz CT molecular complexity index is 241. The van der Waals surface area contributed by atoms with Crippen LogP contribution in [0.15, 0.2) is 36.5 Å². The SMILES string of the molecule is C=C/C=C(\C=C/C)C[C@H](N)C(=O)O. The zero-order valence-corrected chi connectivity index (χ0v) is 7.73. The lowest BCUT2D eigenvalue weighted by Crippen LogP contribution is -2.30. The lowest BCUT2D eigenvalue weighted by atomic mass is 10.1. The molecule has 0 amide bonds. The predicted octanol–water partition coefficient (Wildman–Crippen LogP) is 1.48. The molecule has 0 bridgehead atoms.